The van der Waals surface area contributed by atoms with Crippen LogP contribution in [0, 0.1) is 13.8 Å². The Kier molecular flexibility index (Phi) is 5.76. The third-order valence-electron chi connectivity index (χ3n) is 3.73. The smallest absolute Gasteiger partial charge is 0.321 e. The number of hydrogen-bond donors (Lipinski definition) is 1. The Bertz CT molecular complexity index is 652. The van der Waals surface area contributed by atoms with E-state index in [1.54, 1.807) is 19.1 Å². The van der Waals surface area contributed by atoms with Gasteiger partial charge in [0, 0.05) is 20.7 Å². The predicted molar refractivity (Wildman–Crippen MR) is 90.5 cm³/mol. The van der Waals surface area contributed by atoms with Crippen LogP contribution in [0.25, 0.3) is 0 Å². The molecule has 124 valence electrons. The zero-order valence-electron chi connectivity index (χ0n) is 14.2. The molecule has 1 aromatic carbocycles. The highest BCUT2D eigenvalue weighted by atomic mass is 16.5. The molecule has 0 unspecified atom stereocenters. The number of hydrogen-bond acceptors (Lipinski definition) is 3. The van der Waals surface area contributed by atoms with E-state index in [1.165, 1.54) is 0 Å². The fourth-order valence-corrected chi connectivity index (χ4v) is 2.40. The van der Waals surface area contributed by atoms with E-state index in [4.69, 9.17) is 4.74 Å². The second-order valence-corrected chi connectivity index (χ2v) is 5.53. The first-order chi connectivity index (χ1) is 11.0. The summed E-state index contributed by atoms with van der Waals surface area (Å²) in [5, 5.41) is 7.41. The molecule has 0 fully saturated rings. The Morgan fingerprint density at radius 1 is 1.30 bits per heavy atom. The average Bonchev–Trinajstić information content (AvgIpc) is 2.81. The Morgan fingerprint density at radius 3 is 2.65 bits per heavy atom. The second-order valence-electron chi connectivity index (χ2n) is 5.53. The molecule has 1 heterocycles. The first kappa shape index (κ1) is 17.0. The molecule has 6 nitrogen and oxygen atoms in total. The summed E-state index contributed by atoms with van der Waals surface area (Å²) in [7, 11) is 3.44. The van der Waals surface area contributed by atoms with Gasteiger partial charge in [0.25, 0.3) is 0 Å². The second kappa shape index (κ2) is 7.78. The van der Waals surface area contributed by atoms with Crippen molar-refractivity contribution in [2.75, 3.05) is 26.1 Å². The molecule has 2 amide bonds. The summed E-state index contributed by atoms with van der Waals surface area (Å²) >= 11 is 0. The highest BCUT2D eigenvalue weighted by Crippen LogP contribution is 2.20. The zero-order valence-corrected chi connectivity index (χ0v) is 14.2. The van der Waals surface area contributed by atoms with Gasteiger partial charge in [-0.1, -0.05) is 30.3 Å². The Balaban J connectivity index is 2.03. The molecule has 0 saturated heterocycles. The summed E-state index contributed by atoms with van der Waals surface area (Å²) in [4.78, 5) is 14.1. The normalized spacial score (nSPS) is 10.6. The molecule has 2 aromatic rings. The van der Waals surface area contributed by atoms with E-state index in [0.29, 0.717) is 19.7 Å². The number of aryl methyl sites for hydroxylation is 1. The van der Waals surface area contributed by atoms with Crippen molar-refractivity contribution in [2.24, 2.45) is 0 Å². The SMILES string of the molecule is COCCn1nc(C)c(NC(=O)N(C)Cc2ccccc2)c1C. The number of aromatic nitrogens is 2. The first-order valence-corrected chi connectivity index (χ1v) is 7.62. The van der Waals surface area contributed by atoms with Crippen molar-refractivity contribution in [3.63, 3.8) is 0 Å². The van der Waals surface area contributed by atoms with Crippen LogP contribution < -0.4 is 5.32 Å². The molecule has 0 radical (unpaired) electrons. The van der Waals surface area contributed by atoms with E-state index in [-0.39, 0.29) is 6.03 Å². The quantitative estimate of drug-likeness (QED) is 0.891. The number of ether oxygens (including phenoxy) is 1. The number of anilines is 1. The van der Waals surface area contributed by atoms with Crippen molar-refractivity contribution in [3.05, 3.63) is 47.3 Å². The highest BCUT2D eigenvalue weighted by Gasteiger charge is 2.16. The molecular formula is C17H24N4O2. The van der Waals surface area contributed by atoms with Crippen molar-refractivity contribution in [1.82, 2.24) is 14.7 Å². The van der Waals surface area contributed by atoms with Gasteiger partial charge in [0.2, 0.25) is 0 Å². The topological polar surface area (TPSA) is 59.4 Å². The number of amides is 2. The fraction of sp³-hybridized carbons (Fsp3) is 0.412. The Morgan fingerprint density at radius 2 is 2.00 bits per heavy atom. The molecule has 1 N–H and O–H groups in total. The minimum Gasteiger partial charge on any atom is -0.383 e. The average molecular weight is 316 g/mol. The number of carbonyl (C=O) groups excluding carboxylic acids is 1. The lowest BCUT2D eigenvalue weighted by atomic mass is 10.2. The predicted octanol–water partition coefficient (Wildman–Crippen LogP) is 2.81. The van der Waals surface area contributed by atoms with Crippen LogP contribution in [0.2, 0.25) is 0 Å². The van der Waals surface area contributed by atoms with E-state index >= 15 is 0 Å². The van der Waals surface area contributed by atoms with Crippen LogP contribution >= 0.6 is 0 Å². The molecule has 0 saturated carbocycles. The van der Waals surface area contributed by atoms with Gasteiger partial charge in [0.05, 0.1) is 30.2 Å². The molecule has 0 bridgehead atoms. The molecule has 0 aliphatic rings. The van der Waals surface area contributed by atoms with Crippen molar-refractivity contribution in [2.45, 2.75) is 26.9 Å². The Hall–Kier alpha value is -2.34. The van der Waals surface area contributed by atoms with E-state index in [1.807, 2.05) is 48.9 Å². The maximum Gasteiger partial charge on any atom is 0.321 e. The third kappa shape index (κ3) is 4.32. The molecule has 0 aliphatic carbocycles. The molecular weight excluding hydrogens is 292 g/mol. The number of nitrogens with one attached hydrogen (secondary N) is 1. The molecule has 23 heavy (non-hydrogen) atoms. The van der Waals surface area contributed by atoms with Crippen LogP contribution in [0.3, 0.4) is 0 Å². The van der Waals surface area contributed by atoms with Crippen LogP contribution in [0.15, 0.2) is 30.3 Å². The lowest BCUT2D eigenvalue weighted by Gasteiger charge is -2.18. The van der Waals surface area contributed by atoms with Crippen molar-refractivity contribution >= 4 is 11.7 Å². The number of rotatable bonds is 6. The van der Waals surface area contributed by atoms with Gasteiger partial charge in [0.1, 0.15) is 0 Å². The molecule has 0 spiro atoms. The first-order valence-electron chi connectivity index (χ1n) is 7.62. The maximum absolute atomic E-state index is 12.4. The van der Waals surface area contributed by atoms with Crippen LogP contribution in [0.4, 0.5) is 10.5 Å². The molecule has 0 aliphatic heterocycles. The lowest BCUT2D eigenvalue weighted by Crippen LogP contribution is -2.31. The summed E-state index contributed by atoms with van der Waals surface area (Å²) in [6.45, 7) is 5.65. The lowest BCUT2D eigenvalue weighted by molar-refractivity contribution is 0.182. The summed E-state index contributed by atoms with van der Waals surface area (Å²) in [6.07, 6.45) is 0. The van der Waals surface area contributed by atoms with Crippen LogP contribution in [0.5, 0.6) is 0 Å². The van der Waals surface area contributed by atoms with Crippen LogP contribution in [-0.2, 0) is 17.8 Å². The van der Waals surface area contributed by atoms with E-state index in [2.05, 4.69) is 10.4 Å². The highest BCUT2D eigenvalue weighted by molar-refractivity contribution is 5.90. The summed E-state index contributed by atoms with van der Waals surface area (Å²) < 4.78 is 6.93. The van der Waals surface area contributed by atoms with Gasteiger partial charge < -0.3 is 15.0 Å². The van der Waals surface area contributed by atoms with E-state index < -0.39 is 0 Å². The van der Waals surface area contributed by atoms with Gasteiger partial charge in [-0.25, -0.2) is 4.79 Å². The summed E-state index contributed by atoms with van der Waals surface area (Å²) in [5.74, 6) is 0. The number of methoxy groups -OCH3 is 1. The fourth-order valence-electron chi connectivity index (χ4n) is 2.40. The van der Waals surface area contributed by atoms with Gasteiger partial charge in [-0.05, 0) is 19.4 Å². The van der Waals surface area contributed by atoms with E-state index in [0.717, 1.165) is 22.6 Å². The largest absolute Gasteiger partial charge is 0.383 e. The third-order valence-corrected chi connectivity index (χ3v) is 3.73. The van der Waals surface area contributed by atoms with Gasteiger partial charge in [0.15, 0.2) is 0 Å². The number of benzene rings is 1. The number of carbonyl (C=O) groups is 1. The van der Waals surface area contributed by atoms with Crippen molar-refractivity contribution in [3.8, 4) is 0 Å². The molecule has 2 rings (SSSR count). The van der Waals surface area contributed by atoms with Gasteiger partial charge >= 0.3 is 6.03 Å². The molecule has 1 aromatic heterocycles. The minimum absolute atomic E-state index is 0.147. The van der Waals surface area contributed by atoms with Gasteiger partial charge in [-0.3, -0.25) is 4.68 Å². The van der Waals surface area contributed by atoms with E-state index in [9.17, 15) is 4.79 Å². The molecule has 0 atom stereocenters. The van der Waals surface area contributed by atoms with Gasteiger partial charge in [-0.2, -0.15) is 5.10 Å². The maximum atomic E-state index is 12.4. The van der Waals surface area contributed by atoms with Gasteiger partial charge in [-0.15, -0.1) is 0 Å². The number of urea groups is 1. The minimum atomic E-state index is -0.147. The van der Waals surface area contributed by atoms with Crippen molar-refractivity contribution < 1.29 is 9.53 Å². The summed E-state index contributed by atoms with van der Waals surface area (Å²) in [6, 6.07) is 9.76. The standard InChI is InChI=1S/C17H24N4O2/c1-13-16(14(2)21(19-13)10-11-23-4)18-17(22)20(3)12-15-8-6-5-7-9-15/h5-9H,10-12H2,1-4H3,(H,18,22). The molecule has 6 heteroatoms. The number of nitrogens with zero attached hydrogens (tertiary/aromatic N) is 3. The van der Waals surface area contributed by atoms with Crippen LogP contribution in [0.1, 0.15) is 17.0 Å². The summed E-state index contributed by atoms with van der Waals surface area (Å²) in [5.41, 5.74) is 3.60. The van der Waals surface area contributed by atoms with Crippen LogP contribution in [-0.4, -0.2) is 41.5 Å². The zero-order chi connectivity index (χ0) is 16.8. The Labute approximate surface area is 137 Å². The monoisotopic (exact) mass is 316 g/mol. The van der Waals surface area contributed by atoms with Crippen molar-refractivity contribution in [1.29, 1.82) is 0 Å².